The Hall–Kier alpha value is -3.30. The van der Waals surface area contributed by atoms with E-state index >= 15 is 0 Å². The van der Waals surface area contributed by atoms with E-state index in [1.54, 1.807) is 12.1 Å². The number of thioether (sulfide) groups is 1. The minimum Gasteiger partial charge on any atom is -0.335 e. The Bertz CT molecular complexity index is 1230. The van der Waals surface area contributed by atoms with Gasteiger partial charge in [-0.15, -0.1) is 10.2 Å². The summed E-state index contributed by atoms with van der Waals surface area (Å²) in [6.45, 7) is 4.18. The molecule has 0 atom stereocenters. The van der Waals surface area contributed by atoms with Crippen LogP contribution in [0.3, 0.4) is 0 Å². The maximum absolute atomic E-state index is 12.5. The number of nitrogens with two attached hydrogens (primary N) is 1. The number of anilines is 1. The zero-order valence-electron chi connectivity index (χ0n) is 17.5. The summed E-state index contributed by atoms with van der Waals surface area (Å²) in [7, 11) is 0. The predicted octanol–water partition coefficient (Wildman–Crippen LogP) is 4.56. The molecule has 4 N–H and O–H groups in total. The van der Waals surface area contributed by atoms with Crippen LogP contribution in [0.2, 0.25) is 5.02 Å². The highest BCUT2D eigenvalue weighted by Gasteiger charge is 2.17. The highest BCUT2D eigenvalue weighted by molar-refractivity contribution is 7.99. The van der Waals surface area contributed by atoms with Crippen LogP contribution in [0.5, 0.6) is 0 Å². The summed E-state index contributed by atoms with van der Waals surface area (Å²) >= 11 is 7.16. The zero-order valence-corrected chi connectivity index (χ0v) is 19.1. The van der Waals surface area contributed by atoms with Crippen molar-refractivity contribution in [3.63, 3.8) is 0 Å². The highest BCUT2D eigenvalue weighted by Crippen LogP contribution is 2.26. The van der Waals surface area contributed by atoms with Gasteiger partial charge >= 0.3 is 0 Å². The van der Waals surface area contributed by atoms with E-state index in [-0.39, 0.29) is 11.7 Å². The van der Waals surface area contributed by atoms with Crippen LogP contribution >= 0.6 is 23.4 Å². The maximum atomic E-state index is 12.5. The largest absolute Gasteiger partial charge is 0.335 e. The molecule has 164 valence electrons. The summed E-state index contributed by atoms with van der Waals surface area (Å²) in [5, 5.41) is 19.5. The van der Waals surface area contributed by atoms with E-state index < -0.39 is 0 Å². The molecule has 32 heavy (non-hydrogen) atoms. The molecule has 0 radical (unpaired) electrons. The van der Waals surface area contributed by atoms with Crippen molar-refractivity contribution in [3.05, 3.63) is 65.2 Å². The molecule has 1 amide bonds. The third kappa shape index (κ3) is 4.79. The topological polar surface area (TPSA) is 115 Å². The fourth-order valence-electron chi connectivity index (χ4n) is 3.19. The number of nitrogens with one attached hydrogen (secondary N) is 2. The molecule has 4 rings (SSSR count). The number of halogens is 1. The summed E-state index contributed by atoms with van der Waals surface area (Å²) < 4.78 is 1.35. The van der Waals surface area contributed by atoms with Gasteiger partial charge in [-0.05, 0) is 35.7 Å². The molecular formula is C22H22ClN7OS. The molecule has 0 aliphatic rings. The Balaban J connectivity index is 1.43. The second-order valence-corrected chi connectivity index (χ2v) is 8.81. The van der Waals surface area contributed by atoms with E-state index in [1.165, 1.54) is 16.4 Å². The molecular weight excluding hydrogens is 446 g/mol. The molecule has 0 unspecified atom stereocenters. The molecule has 0 saturated carbocycles. The summed E-state index contributed by atoms with van der Waals surface area (Å²) in [6.07, 6.45) is 0. The van der Waals surface area contributed by atoms with Gasteiger partial charge in [0.05, 0.1) is 11.4 Å². The zero-order chi connectivity index (χ0) is 22.7. The van der Waals surface area contributed by atoms with Crippen molar-refractivity contribution < 1.29 is 4.79 Å². The van der Waals surface area contributed by atoms with Crippen molar-refractivity contribution in [2.24, 2.45) is 0 Å². The molecule has 0 saturated heterocycles. The second kappa shape index (κ2) is 9.46. The average molecular weight is 468 g/mol. The lowest BCUT2D eigenvalue weighted by atomic mass is 10.0. The van der Waals surface area contributed by atoms with E-state index in [0.29, 0.717) is 27.6 Å². The van der Waals surface area contributed by atoms with Gasteiger partial charge in [-0.3, -0.25) is 9.89 Å². The summed E-state index contributed by atoms with van der Waals surface area (Å²) in [4.78, 5) is 12.5. The lowest BCUT2D eigenvalue weighted by molar-refractivity contribution is -0.113. The van der Waals surface area contributed by atoms with Crippen molar-refractivity contribution in [2.45, 2.75) is 24.9 Å². The lowest BCUT2D eigenvalue weighted by Crippen LogP contribution is -2.17. The number of benzene rings is 2. The summed E-state index contributed by atoms with van der Waals surface area (Å²) in [5.41, 5.74) is 4.16. The number of aromatic amines is 1. The van der Waals surface area contributed by atoms with Crippen molar-refractivity contribution in [2.75, 3.05) is 16.9 Å². The number of para-hydroxylation sites is 1. The van der Waals surface area contributed by atoms with Crippen LogP contribution in [0.1, 0.15) is 25.3 Å². The molecule has 2 heterocycles. The van der Waals surface area contributed by atoms with Crippen LogP contribution in [0, 0.1) is 0 Å². The van der Waals surface area contributed by atoms with Crippen LogP contribution in [-0.4, -0.2) is 36.7 Å². The van der Waals surface area contributed by atoms with Gasteiger partial charge in [0.2, 0.25) is 16.9 Å². The number of rotatable bonds is 7. The Morgan fingerprint density at radius 2 is 1.94 bits per heavy atom. The molecule has 10 heteroatoms. The Morgan fingerprint density at radius 1 is 1.19 bits per heavy atom. The van der Waals surface area contributed by atoms with Crippen molar-refractivity contribution in [1.29, 1.82) is 0 Å². The van der Waals surface area contributed by atoms with Crippen molar-refractivity contribution in [3.8, 4) is 22.8 Å². The van der Waals surface area contributed by atoms with E-state index in [0.717, 1.165) is 22.5 Å². The number of hydrogen-bond donors (Lipinski definition) is 3. The van der Waals surface area contributed by atoms with Gasteiger partial charge in [0, 0.05) is 16.3 Å². The number of carbonyl (C=O) groups is 1. The molecule has 0 aliphatic carbocycles. The number of hydrogen-bond acceptors (Lipinski definition) is 6. The highest BCUT2D eigenvalue weighted by atomic mass is 35.5. The first kappa shape index (κ1) is 21.9. The number of nitrogen functional groups attached to an aromatic ring is 1. The maximum Gasteiger partial charge on any atom is 0.234 e. The predicted molar refractivity (Wildman–Crippen MR) is 128 cm³/mol. The lowest BCUT2D eigenvalue weighted by Gasteiger charge is -2.13. The normalized spacial score (nSPS) is 11.1. The van der Waals surface area contributed by atoms with E-state index in [9.17, 15) is 4.79 Å². The Morgan fingerprint density at radius 3 is 2.69 bits per heavy atom. The second-order valence-electron chi connectivity index (χ2n) is 7.43. The number of nitrogens with zero attached hydrogens (tertiary/aromatic N) is 4. The molecule has 2 aromatic heterocycles. The van der Waals surface area contributed by atoms with Gasteiger partial charge in [0.15, 0.2) is 0 Å². The first-order valence-corrected chi connectivity index (χ1v) is 11.3. The summed E-state index contributed by atoms with van der Waals surface area (Å²) in [5.74, 6) is 6.92. The number of amides is 1. The van der Waals surface area contributed by atoms with Gasteiger partial charge in [0.1, 0.15) is 5.69 Å². The Kier molecular flexibility index (Phi) is 6.48. The minimum atomic E-state index is -0.140. The van der Waals surface area contributed by atoms with Gasteiger partial charge in [-0.2, -0.15) is 5.10 Å². The number of aromatic nitrogens is 5. The Labute approximate surface area is 194 Å². The van der Waals surface area contributed by atoms with Gasteiger partial charge in [-0.1, -0.05) is 67.5 Å². The molecule has 8 nitrogen and oxygen atoms in total. The van der Waals surface area contributed by atoms with Crippen LogP contribution < -0.4 is 11.2 Å². The standard InChI is InChI=1S/C22H22ClN7OS/c1-13(2)16-5-3-4-6-17(16)25-20(31)12-32-22-29-28-21(30(22)24)19-11-18(26-27-19)14-7-9-15(23)10-8-14/h3-11,13H,12,24H2,1-2H3,(H,25,31)(H,26,27). The van der Waals surface area contributed by atoms with Gasteiger partial charge in [0.25, 0.3) is 0 Å². The number of H-pyrrole nitrogens is 1. The first-order chi connectivity index (χ1) is 15.4. The van der Waals surface area contributed by atoms with E-state index in [1.807, 2.05) is 42.5 Å². The summed E-state index contributed by atoms with van der Waals surface area (Å²) in [6, 6.07) is 17.0. The quantitative estimate of drug-likeness (QED) is 0.271. The average Bonchev–Trinajstić information content (AvgIpc) is 3.40. The molecule has 0 fully saturated rings. The third-order valence-electron chi connectivity index (χ3n) is 4.81. The molecule has 0 bridgehead atoms. The molecule has 4 aromatic rings. The third-order valence-corrected chi connectivity index (χ3v) is 6.01. The smallest absolute Gasteiger partial charge is 0.234 e. The number of carbonyl (C=O) groups excluding carboxylic acids is 1. The van der Waals surface area contributed by atoms with Gasteiger partial charge in [-0.25, -0.2) is 4.68 Å². The van der Waals surface area contributed by atoms with Crippen LogP contribution in [0.15, 0.2) is 59.8 Å². The van der Waals surface area contributed by atoms with E-state index in [2.05, 4.69) is 39.6 Å². The monoisotopic (exact) mass is 467 g/mol. The van der Waals surface area contributed by atoms with Crippen LogP contribution in [-0.2, 0) is 4.79 Å². The fraction of sp³-hybridized carbons (Fsp3) is 0.182. The van der Waals surface area contributed by atoms with Crippen LogP contribution in [0.4, 0.5) is 5.69 Å². The molecule has 0 spiro atoms. The van der Waals surface area contributed by atoms with Crippen molar-refractivity contribution in [1.82, 2.24) is 25.1 Å². The SMILES string of the molecule is CC(C)c1ccccc1NC(=O)CSc1nnc(-c2cc(-c3ccc(Cl)cc3)n[nH]2)n1N. The van der Waals surface area contributed by atoms with E-state index in [4.69, 9.17) is 17.4 Å². The van der Waals surface area contributed by atoms with Gasteiger partial charge < -0.3 is 11.2 Å². The molecule has 2 aromatic carbocycles. The fourth-order valence-corrected chi connectivity index (χ4v) is 3.98. The van der Waals surface area contributed by atoms with Crippen LogP contribution in [0.25, 0.3) is 22.8 Å². The van der Waals surface area contributed by atoms with Crippen molar-refractivity contribution >= 4 is 35.0 Å². The first-order valence-electron chi connectivity index (χ1n) is 9.96. The molecule has 0 aliphatic heterocycles. The minimum absolute atomic E-state index is 0.140.